The van der Waals surface area contributed by atoms with Crippen molar-refractivity contribution in [2.75, 3.05) is 0 Å². The van der Waals surface area contributed by atoms with Crippen molar-refractivity contribution in [3.63, 3.8) is 0 Å². The normalized spacial score (nSPS) is 10.4. The standard InChI is InChI=1S/C17H11N2S.C12H10N.Ir/c1-11-6-7-18-9-14(11)15-8-13-12-4-2-3-5-16(12)20-17(13)10-19-15;1-10-7-8-12(13-9-10)11-5-3-2-4-6-11;/h2-8,10H,1H3;2-5,7-9H,1H3;/q2*-1;. The van der Waals surface area contributed by atoms with E-state index in [4.69, 9.17) is 0 Å². The molecule has 3 nitrogen and oxygen atoms in total. The molecule has 0 spiro atoms. The van der Waals surface area contributed by atoms with Crippen LogP contribution in [0.2, 0.25) is 0 Å². The zero-order valence-corrected chi connectivity index (χ0v) is 22.0. The Balaban J connectivity index is 0.000000171. The Hall–Kier alpha value is -3.24. The van der Waals surface area contributed by atoms with Crippen molar-refractivity contribution in [3.05, 3.63) is 115 Å². The minimum Gasteiger partial charge on any atom is -0.360 e. The average Bonchev–Trinajstić information content (AvgIpc) is 3.24. The van der Waals surface area contributed by atoms with Crippen LogP contribution in [0.1, 0.15) is 11.1 Å². The quantitative estimate of drug-likeness (QED) is 0.185. The van der Waals surface area contributed by atoms with E-state index in [9.17, 15) is 0 Å². The molecular weight excluding hydrogens is 615 g/mol. The first kappa shape index (κ1) is 23.9. The predicted molar refractivity (Wildman–Crippen MR) is 137 cm³/mol. The molecule has 0 saturated carbocycles. The molecule has 169 valence electrons. The van der Waals surface area contributed by atoms with Crippen molar-refractivity contribution in [3.8, 4) is 22.5 Å². The maximum atomic E-state index is 4.57. The van der Waals surface area contributed by atoms with E-state index in [-0.39, 0.29) is 20.1 Å². The summed E-state index contributed by atoms with van der Waals surface area (Å²) >= 11 is 1.78. The fraction of sp³-hybridized carbons (Fsp3) is 0.0690. The third kappa shape index (κ3) is 5.12. The minimum atomic E-state index is 0. The second-order valence-electron chi connectivity index (χ2n) is 7.78. The van der Waals surface area contributed by atoms with E-state index in [1.165, 1.54) is 25.7 Å². The summed E-state index contributed by atoms with van der Waals surface area (Å²) in [5.41, 5.74) is 6.26. The third-order valence-corrected chi connectivity index (χ3v) is 6.51. The number of aryl methyl sites for hydroxylation is 2. The summed E-state index contributed by atoms with van der Waals surface area (Å²) < 4.78 is 2.52. The number of pyridine rings is 3. The monoisotopic (exact) mass is 636 g/mol. The first-order valence-corrected chi connectivity index (χ1v) is 11.5. The van der Waals surface area contributed by atoms with Gasteiger partial charge < -0.3 is 15.0 Å². The van der Waals surface area contributed by atoms with E-state index in [2.05, 4.69) is 70.5 Å². The zero-order chi connectivity index (χ0) is 22.6. The summed E-state index contributed by atoms with van der Waals surface area (Å²) in [6, 6.07) is 27.7. The number of nitrogens with zero attached hydrogens (tertiary/aromatic N) is 3. The molecule has 0 aliphatic rings. The van der Waals surface area contributed by atoms with Crippen LogP contribution in [0.5, 0.6) is 0 Å². The first-order chi connectivity index (χ1) is 16.2. The van der Waals surface area contributed by atoms with Gasteiger partial charge in [-0.15, -0.1) is 64.4 Å². The summed E-state index contributed by atoms with van der Waals surface area (Å²) in [6.45, 7) is 4.09. The summed E-state index contributed by atoms with van der Waals surface area (Å²) in [7, 11) is 0. The van der Waals surface area contributed by atoms with Crippen LogP contribution in [0, 0.1) is 26.1 Å². The van der Waals surface area contributed by atoms with Gasteiger partial charge in [0.15, 0.2) is 0 Å². The van der Waals surface area contributed by atoms with Crippen molar-refractivity contribution >= 4 is 31.5 Å². The molecule has 6 aromatic rings. The molecule has 0 fully saturated rings. The van der Waals surface area contributed by atoms with Gasteiger partial charge in [0.1, 0.15) is 0 Å². The molecule has 0 atom stereocenters. The summed E-state index contributed by atoms with van der Waals surface area (Å²) in [4.78, 5) is 13.0. The van der Waals surface area contributed by atoms with Gasteiger partial charge in [0.2, 0.25) is 0 Å². The Morgan fingerprint density at radius 1 is 0.765 bits per heavy atom. The van der Waals surface area contributed by atoms with Gasteiger partial charge in [-0.1, -0.05) is 49.5 Å². The number of benzene rings is 2. The number of fused-ring (bicyclic) bond motifs is 3. The molecule has 4 heterocycles. The van der Waals surface area contributed by atoms with Gasteiger partial charge in [0, 0.05) is 37.2 Å². The molecule has 0 aliphatic heterocycles. The summed E-state index contributed by atoms with van der Waals surface area (Å²) in [5, 5.41) is 2.55. The van der Waals surface area contributed by atoms with Crippen molar-refractivity contribution in [2.45, 2.75) is 13.8 Å². The molecule has 0 bridgehead atoms. The number of thiophene rings is 1. The topological polar surface area (TPSA) is 38.7 Å². The first-order valence-electron chi connectivity index (χ1n) is 10.7. The van der Waals surface area contributed by atoms with Gasteiger partial charge in [0.25, 0.3) is 0 Å². The van der Waals surface area contributed by atoms with Crippen LogP contribution in [-0.2, 0) is 20.1 Å². The Morgan fingerprint density at radius 3 is 2.35 bits per heavy atom. The second kappa shape index (κ2) is 10.8. The second-order valence-corrected chi connectivity index (χ2v) is 8.86. The molecule has 0 unspecified atom stereocenters. The fourth-order valence-electron chi connectivity index (χ4n) is 3.63. The van der Waals surface area contributed by atoms with E-state index in [1.54, 1.807) is 17.5 Å². The van der Waals surface area contributed by atoms with Crippen LogP contribution in [0.15, 0.2) is 91.4 Å². The average molecular weight is 636 g/mol. The van der Waals surface area contributed by atoms with Crippen LogP contribution in [0.4, 0.5) is 0 Å². The smallest absolute Gasteiger partial charge is 0.0521 e. The van der Waals surface area contributed by atoms with Crippen LogP contribution < -0.4 is 0 Å². The predicted octanol–water partition coefficient (Wildman–Crippen LogP) is 7.47. The molecule has 2 aromatic carbocycles. The zero-order valence-electron chi connectivity index (χ0n) is 18.7. The Bertz CT molecular complexity index is 1530. The maximum Gasteiger partial charge on any atom is 0.0521 e. The SMILES string of the molecule is Cc1ccc(-c2[c-]cccc2)nc1.Cc1ccn[c-]c1-c1cc2c(cn1)sc1ccccc12.[Ir]. The Labute approximate surface area is 216 Å². The summed E-state index contributed by atoms with van der Waals surface area (Å²) in [6.07, 6.45) is 8.64. The molecule has 6 rings (SSSR count). The van der Waals surface area contributed by atoms with Crippen molar-refractivity contribution in [2.24, 2.45) is 0 Å². The molecule has 0 N–H and O–H groups in total. The maximum absolute atomic E-state index is 4.57. The Kier molecular flexibility index (Phi) is 7.59. The number of hydrogen-bond donors (Lipinski definition) is 0. The van der Waals surface area contributed by atoms with Crippen LogP contribution in [0.25, 0.3) is 42.7 Å². The van der Waals surface area contributed by atoms with Crippen molar-refractivity contribution < 1.29 is 20.1 Å². The van der Waals surface area contributed by atoms with Gasteiger partial charge in [0.05, 0.1) is 4.70 Å². The van der Waals surface area contributed by atoms with E-state index < -0.39 is 0 Å². The fourth-order valence-corrected chi connectivity index (χ4v) is 4.69. The molecule has 5 heteroatoms. The molecule has 4 aromatic heterocycles. The van der Waals surface area contributed by atoms with Crippen LogP contribution in [-0.4, -0.2) is 15.0 Å². The van der Waals surface area contributed by atoms with Gasteiger partial charge in [-0.2, -0.15) is 0 Å². The van der Waals surface area contributed by atoms with Gasteiger partial charge in [-0.05, 0) is 46.9 Å². The molecule has 0 saturated heterocycles. The largest absolute Gasteiger partial charge is 0.360 e. The molecular formula is C29H21IrN3S-2. The van der Waals surface area contributed by atoms with Gasteiger partial charge in [-0.3, -0.25) is 0 Å². The Morgan fingerprint density at radius 2 is 1.59 bits per heavy atom. The molecule has 0 amide bonds. The van der Waals surface area contributed by atoms with Crippen molar-refractivity contribution in [1.29, 1.82) is 0 Å². The number of aromatic nitrogens is 3. The van der Waals surface area contributed by atoms with E-state index >= 15 is 0 Å². The van der Waals surface area contributed by atoms with Gasteiger partial charge >= 0.3 is 0 Å². The van der Waals surface area contributed by atoms with Crippen LogP contribution in [0.3, 0.4) is 0 Å². The third-order valence-electron chi connectivity index (χ3n) is 5.39. The van der Waals surface area contributed by atoms with Crippen LogP contribution >= 0.6 is 11.3 Å². The molecule has 34 heavy (non-hydrogen) atoms. The minimum absolute atomic E-state index is 0. The van der Waals surface area contributed by atoms with E-state index in [0.717, 1.165) is 28.1 Å². The number of rotatable bonds is 2. The molecule has 1 radical (unpaired) electrons. The van der Waals surface area contributed by atoms with E-state index in [1.807, 2.05) is 55.7 Å². The van der Waals surface area contributed by atoms with Crippen molar-refractivity contribution in [1.82, 2.24) is 15.0 Å². The summed E-state index contributed by atoms with van der Waals surface area (Å²) in [5.74, 6) is 0. The number of hydrogen-bond acceptors (Lipinski definition) is 4. The van der Waals surface area contributed by atoms with Gasteiger partial charge in [-0.25, -0.2) is 0 Å². The molecule has 0 aliphatic carbocycles. The van der Waals surface area contributed by atoms with E-state index in [0.29, 0.717) is 0 Å².